The maximum atomic E-state index is 5.91. The second-order valence-corrected chi connectivity index (χ2v) is 5.44. The molecule has 2 aromatic carbocycles. The van der Waals surface area contributed by atoms with Crippen molar-refractivity contribution in [3.8, 4) is 11.5 Å². The molecule has 106 valence electrons. The molecule has 0 saturated carbocycles. The van der Waals surface area contributed by atoms with Gasteiger partial charge in [-0.15, -0.1) is 0 Å². The summed E-state index contributed by atoms with van der Waals surface area (Å²) < 4.78 is 5.91. The third-order valence-electron chi connectivity index (χ3n) is 3.46. The molecule has 0 amide bonds. The quantitative estimate of drug-likeness (QED) is 0.854. The van der Waals surface area contributed by atoms with E-state index in [9.17, 15) is 0 Å². The molecule has 20 heavy (non-hydrogen) atoms. The predicted molar refractivity (Wildman–Crippen MR) is 84.5 cm³/mol. The lowest BCUT2D eigenvalue weighted by molar-refractivity contribution is 0.481. The van der Waals surface area contributed by atoms with Gasteiger partial charge < -0.3 is 10.1 Å². The van der Waals surface area contributed by atoms with Gasteiger partial charge in [-0.1, -0.05) is 32.0 Å². The number of benzene rings is 2. The Morgan fingerprint density at radius 1 is 1.00 bits per heavy atom. The maximum absolute atomic E-state index is 5.91. The average Bonchev–Trinajstić information content (AvgIpc) is 2.42. The lowest BCUT2D eigenvalue weighted by Crippen LogP contribution is -2.06. The number of rotatable bonds is 5. The normalized spacial score (nSPS) is 10.8. The van der Waals surface area contributed by atoms with Crippen LogP contribution in [0.4, 0.5) is 0 Å². The van der Waals surface area contributed by atoms with Crippen LogP contribution in [-0.4, -0.2) is 7.05 Å². The molecule has 2 heteroatoms. The molecular formula is C18H23NO. The number of hydrogen-bond acceptors (Lipinski definition) is 2. The van der Waals surface area contributed by atoms with E-state index in [1.807, 2.05) is 25.2 Å². The first-order valence-corrected chi connectivity index (χ1v) is 7.12. The van der Waals surface area contributed by atoms with E-state index in [4.69, 9.17) is 4.74 Å². The first kappa shape index (κ1) is 14.6. The molecule has 2 aromatic rings. The van der Waals surface area contributed by atoms with Crippen molar-refractivity contribution in [2.24, 2.45) is 0 Å². The molecule has 0 heterocycles. The van der Waals surface area contributed by atoms with Gasteiger partial charge in [0.25, 0.3) is 0 Å². The first-order valence-electron chi connectivity index (χ1n) is 7.12. The fourth-order valence-electron chi connectivity index (χ4n) is 2.18. The predicted octanol–water partition coefficient (Wildman–Crippen LogP) is 4.63. The van der Waals surface area contributed by atoms with Crippen LogP contribution in [0.1, 0.15) is 36.5 Å². The van der Waals surface area contributed by atoms with Crippen LogP contribution in [0.2, 0.25) is 0 Å². The standard InChI is InChI=1S/C18H23NO/c1-13(2)15-5-8-17(9-6-15)20-18-10-7-16(12-19-4)14(3)11-18/h5-11,13,19H,12H2,1-4H3. The van der Waals surface area contributed by atoms with E-state index in [0.29, 0.717) is 5.92 Å². The molecule has 0 aliphatic carbocycles. The Morgan fingerprint density at radius 2 is 1.65 bits per heavy atom. The third-order valence-corrected chi connectivity index (χ3v) is 3.46. The first-order chi connectivity index (χ1) is 9.60. The van der Waals surface area contributed by atoms with Crippen LogP contribution in [0.15, 0.2) is 42.5 Å². The van der Waals surface area contributed by atoms with Crippen LogP contribution in [0.3, 0.4) is 0 Å². The molecule has 1 N–H and O–H groups in total. The molecule has 0 atom stereocenters. The van der Waals surface area contributed by atoms with Gasteiger partial charge in [0.2, 0.25) is 0 Å². The summed E-state index contributed by atoms with van der Waals surface area (Å²) in [6.45, 7) is 7.38. The molecule has 0 radical (unpaired) electrons. The van der Waals surface area contributed by atoms with Crippen LogP contribution in [0.25, 0.3) is 0 Å². The third kappa shape index (κ3) is 3.61. The molecule has 0 fully saturated rings. The van der Waals surface area contributed by atoms with E-state index >= 15 is 0 Å². The van der Waals surface area contributed by atoms with E-state index in [1.165, 1.54) is 16.7 Å². The summed E-state index contributed by atoms with van der Waals surface area (Å²) in [5.41, 5.74) is 3.88. The smallest absolute Gasteiger partial charge is 0.127 e. The van der Waals surface area contributed by atoms with E-state index in [2.05, 4.69) is 50.4 Å². The number of aryl methyl sites for hydroxylation is 1. The van der Waals surface area contributed by atoms with Gasteiger partial charge >= 0.3 is 0 Å². The summed E-state index contributed by atoms with van der Waals surface area (Å²) in [7, 11) is 1.96. The Labute approximate surface area is 121 Å². The van der Waals surface area contributed by atoms with Gasteiger partial charge in [0.15, 0.2) is 0 Å². The van der Waals surface area contributed by atoms with Gasteiger partial charge in [-0.05, 0) is 60.8 Å². The molecule has 2 nitrogen and oxygen atoms in total. The van der Waals surface area contributed by atoms with Gasteiger partial charge in [0.05, 0.1) is 0 Å². The summed E-state index contributed by atoms with van der Waals surface area (Å²) >= 11 is 0. The van der Waals surface area contributed by atoms with Crippen molar-refractivity contribution in [3.05, 3.63) is 59.2 Å². The van der Waals surface area contributed by atoms with Crippen molar-refractivity contribution in [2.75, 3.05) is 7.05 Å². The van der Waals surface area contributed by atoms with Gasteiger partial charge in [-0.2, -0.15) is 0 Å². The highest BCUT2D eigenvalue weighted by Crippen LogP contribution is 2.25. The average molecular weight is 269 g/mol. The summed E-state index contributed by atoms with van der Waals surface area (Å²) in [6, 6.07) is 14.5. The lowest BCUT2D eigenvalue weighted by Gasteiger charge is -2.11. The van der Waals surface area contributed by atoms with Gasteiger partial charge in [0, 0.05) is 6.54 Å². The number of nitrogens with one attached hydrogen (secondary N) is 1. The van der Waals surface area contributed by atoms with E-state index in [0.717, 1.165) is 18.0 Å². The molecular weight excluding hydrogens is 246 g/mol. The zero-order valence-electron chi connectivity index (χ0n) is 12.7. The van der Waals surface area contributed by atoms with Crippen molar-refractivity contribution >= 4 is 0 Å². The van der Waals surface area contributed by atoms with Crippen LogP contribution in [-0.2, 0) is 6.54 Å². The zero-order valence-corrected chi connectivity index (χ0v) is 12.7. The molecule has 0 spiro atoms. The SMILES string of the molecule is CNCc1ccc(Oc2ccc(C(C)C)cc2)cc1C. The monoisotopic (exact) mass is 269 g/mol. The molecule has 0 aliphatic heterocycles. The van der Waals surface area contributed by atoms with E-state index in [1.54, 1.807) is 0 Å². The number of hydrogen-bond donors (Lipinski definition) is 1. The fraction of sp³-hybridized carbons (Fsp3) is 0.333. The van der Waals surface area contributed by atoms with Crippen molar-refractivity contribution in [1.29, 1.82) is 0 Å². The van der Waals surface area contributed by atoms with Crippen LogP contribution in [0.5, 0.6) is 11.5 Å². The van der Waals surface area contributed by atoms with Crippen molar-refractivity contribution in [3.63, 3.8) is 0 Å². The topological polar surface area (TPSA) is 21.3 Å². The second-order valence-electron chi connectivity index (χ2n) is 5.44. The Hall–Kier alpha value is -1.80. The minimum absolute atomic E-state index is 0.548. The Bertz CT molecular complexity index is 558. The fourth-order valence-corrected chi connectivity index (χ4v) is 2.18. The largest absolute Gasteiger partial charge is 0.457 e. The highest BCUT2D eigenvalue weighted by molar-refractivity contribution is 5.38. The lowest BCUT2D eigenvalue weighted by atomic mass is 10.0. The van der Waals surface area contributed by atoms with E-state index < -0.39 is 0 Å². The second kappa shape index (κ2) is 6.58. The van der Waals surface area contributed by atoms with Crippen LogP contribution < -0.4 is 10.1 Å². The Kier molecular flexibility index (Phi) is 4.80. The molecule has 0 saturated heterocycles. The molecule has 0 bridgehead atoms. The summed E-state index contributed by atoms with van der Waals surface area (Å²) in [5.74, 6) is 2.32. The zero-order chi connectivity index (χ0) is 14.5. The Morgan fingerprint density at radius 3 is 2.20 bits per heavy atom. The minimum Gasteiger partial charge on any atom is -0.457 e. The van der Waals surface area contributed by atoms with Crippen molar-refractivity contribution < 1.29 is 4.74 Å². The summed E-state index contributed by atoms with van der Waals surface area (Å²) in [6.07, 6.45) is 0. The number of ether oxygens (including phenoxy) is 1. The Balaban J connectivity index is 2.11. The van der Waals surface area contributed by atoms with Crippen molar-refractivity contribution in [2.45, 2.75) is 33.2 Å². The highest BCUT2D eigenvalue weighted by Gasteiger charge is 2.03. The van der Waals surface area contributed by atoms with Gasteiger partial charge in [-0.25, -0.2) is 0 Å². The van der Waals surface area contributed by atoms with Crippen LogP contribution in [0, 0.1) is 6.92 Å². The highest BCUT2D eigenvalue weighted by atomic mass is 16.5. The van der Waals surface area contributed by atoms with E-state index in [-0.39, 0.29) is 0 Å². The molecule has 0 aromatic heterocycles. The molecule has 0 aliphatic rings. The molecule has 0 unspecified atom stereocenters. The van der Waals surface area contributed by atoms with Gasteiger partial charge in [0.1, 0.15) is 11.5 Å². The van der Waals surface area contributed by atoms with Gasteiger partial charge in [-0.3, -0.25) is 0 Å². The summed E-state index contributed by atoms with van der Waals surface area (Å²) in [5, 5.41) is 3.17. The van der Waals surface area contributed by atoms with Crippen molar-refractivity contribution in [1.82, 2.24) is 5.32 Å². The minimum atomic E-state index is 0.548. The summed E-state index contributed by atoms with van der Waals surface area (Å²) in [4.78, 5) is 0. The maximum Gasteiger partial charge on any atom is 0.127 e. The van der Waals surface area contributed by atoms with Crippen LogP contribution >= 0.6 is 0 Å². The molecule has 2 rings (SSSR count).